The Kier molecular flexibility index (Phi) is 5.21. The molecule has 1 aliphatic rings. The molecule has 2 N–H and O–H groups in total. The largest absolute Gasteiger partial charge is 0.330 e. The topological polar surface area (TPSA) is 63.4 Å². The summed E-state index contributed by atoms with van der Waals surface area (Å²) in [7, 11) is -3.62. The molecular formula is C14H20Cl2N2O2S. The van der Waals surface area contributed by atoms with Gasteiger partial charge in [-0.15, -0.1) is 0 Å². The average Bonchev–Trinajstić information content (AvgIpc) is 2.45. The van der Waals surface area contributed by atoms with E-state index >= 15 is 0 Å². The maximum atomic E-state index is 12.9. The number of benzene rings is 1. The molecule has 0 atom stereocenters. The maximum Gasteiger partial charge on any atom is 0.244 e. The lowest BCUT2D eigenvalue weighted by atomic mass is 9.99. The van der Waals surface area contributed by atoms with E-state index in [0.717, 1.165) is 12.8 Å². The highest BCUT2D eigenvalue weighted by atomic mass is 35.5. The Morgan fingerprint density at radius 2 is 1.86 bits per heavy atom. The zero-order valence-electron chi connectivity index (χ0n) is 12.2. The van der Waals surface area contributed by atoms with Crippen LogP contribution in [0.4, 0.5) is 0 Å². The van der Waals surface area contributed by atoms with Gasteiger partial charge in [-0.25, -0.2) is 8.42 Å². The summed E-state index contributed by atoms with van der Waals surface area (Å²) in [6, 6.07) is 1.69. The molecule has 118 valence electrons. The number of rotatable bonds is 3. The molecule has 4 nitrogen and oxygen atoms in total. The summed E-state index contributed by atoms with van der Waals surface area (Å²) in [5.74, 6) is 0.397. The molecular weight excluding hydrogens is 331 g/mol. The van der Waals surface area contributed by atoms with E-state index in [2.05, 4.69) is 0 Å². The van der Waals surface area contributed by atoms with Gasteiger partial charge in [0.25, 0.3) is 0 Å². The Bertz CT molecular complexity index is 613. The molecule has 7 heteroatoms. The predicted octanol–water partition coefficient (Wildman–Crippen LogP) is 2.97. The van der Waals surface area contributed by atoms with Crippen LogP contribution >= 0.6 is 23.2 Å². The Morgan fingerprint density at radius 1 is 1.29 bits per heavy atom. The van der Waals surface area contributed by atoms with E-state index in [1.54, 1.807) is 19.9 Å². The van der Waals surface area contributed by atoms with Crippen LogP contribution in [0, 0.1) is 19.8 Å². The van der Waals surface area contributed by atoms with Gasteiger partial charge in [-0.05, 0) is 56.3 Å². The highest BCUT2D eigenvalue weighted by molar-refractivity contribution is 7.89. The molecule has 0 bridgehead atoms. The third-order valence-electron chi connectivity index (χ3n) is 4.09. The first-order chi connectivity index (χ1) is 9.78. The lowest BCUT2D eigenvalue weighted by molar-refractivity contribution is 0.278. The van der Waals surface area contributed by atoms with Crippen molar-refractivity contribution in [3.05, 3.63) is 27.2 Å². The van der Waals surface area contributed by atoms with Crippen molar-refractivity contribution < 1.29 is 8.42 Å². The number of nitrogens with zero attached hydrogens (tertiary/aromatic N) is 1. The van der Waals surface area contributed by atoms with E-state index in [1.807, 2.05) is 0 Å². The number of halogens is 2. The fourth-order valence-electron chi connectivity index (χ4n) is 2.63. The summed E-state index contributed by atoms with van der Waals surface area (Å²) in [4.78, 5) is 0.139. The Hall–Kier alpha value is -0.330. The van der Waals surface area contributed by atoms with Crippen LogP contribution in [0.3, 0.4) is 0 Å². The zero-order chi connectivity index (χ0) is 15.8. The van der Waals surface area contributed by atoms with Gasteiger partial charge < -0.3 is 5.73 Å². The monoisotopic (exact) mass is 350 g/mol. The van der Waals surface area contributed by atoms with Crippen LogP contribution in [-0.2, 0) is 10.0 Å². The first kappa shape index (κ1) is 17.0. The van der Waals surface area contributed by atoms with Crippen molar-refractivity contribution in [1.82, 2.24) is 4.31 Å². The Labute approximate surface area is 136 Å². The lowest BCUT2D eigenvalue weighted by Gasteiger charge is -2.31. The van der Waals surface area contributed by atoms with E-state index in [-0.39, 0.29) is 9.92 Å². The van der Waals surface area contributed by atoms with E-state index in [4.69, 9.17) is 28.9 Å². The van der Waals surface area contributed by atoms with Crippen LogP contribution in [0.2, 0.25) is 10.0 Å². The molecule has 2 rings (SSSR count). The van der Waals surface area contributed by atoms with Crippen LogP contribution in [0.15, 0.2) is 11.0 Å². The van der Waals surface area contributed by atoms with Crippen LogP contribution in [0.25, 0.3) is 0 Å². The van der Waals surface area contributed by atoms with Gasteiger partial charge in [0.15, 0.2) is 0 Å². The van der Waals surface area contributed by atoms with Crippen molar-refractivity contribution in [2.24, 2.45) is 11.7 Å². The quantitative estimate of drug-likeness (QED) is 0.911. The molecule has 0 aliphatic carbocycles. The van der Waals surface area contributed by atoms with Gasteiger partial charge in [0.05, 0.1) is 5.02 Å². The molecule has 0 unspecified atom stereocenters. The standard InChI is InChI=1S/C14H20Cl2N2O2S/c1-9-7-12(15)10(2)14(13(9)16)21(19,20)18-5-3-11(8-17)4-6-18/h7,11H,3-6,8,17H2,1-2H3. The molecule has 1 aromatic carbocycles. The number of piperidine rings is 1. The number of aryl methyl sites for hydroxylation is 1. The molecule has 21 heavy (non-hydrogen) atoms. The van der Waals surface area contributed by atoms with Gasteiger partial charge in [-0.2, -0.15) is 4.31 Å². The van der Waals surface area contributed by atoms with E-state index in [9.17, 15) is 8.42 Å². The summed E-state index contributed by atoms with van der Waals surface area (Å²) >= 11 is 12.4. The van der Waals surface area contributed by atoms with Crippen molar-refractivity contribution in [2.75, 3.05) is 19.6 Å². The number of hydrogen-bond donors (Lipinski definition) is 1. The van der Waals surface area contributed by atoms with Crippen molar-refractivity contribution in [3.8, 4) is 0 Å². The summed E-state index contributed by atoms with van der Waals surface area (Å²) in [6.07, 6.45) is 1.57. The molecule has 0 aromatic heterocycles. The van der Waals surface area contributed by atoms with Crippen molar-refractivity contribution in [3.63, 3.8) is 0 Å². The van der Waals surface area contributed by atoms with Crippen molar-refractivity contribution in [2.45, 2.75) is 31.6 Å². The molecule has 1 fully saturated rings. The van der Waals surface area contributed by atoms with Crippen LogP contribution < -0.4 is 5.73 Å². The minimum atomic E-state index is -3.62. The highest BCUT2D eigenvalue weighted by Crippen LogP contribution is 2.36. The molecule has 0 amide bonds. The third-order valence-corrected chi connectivity index (χ3v) is 7.16. The summed E-state index contributed by atoms with van der Waals surface area (Å²) in [6.45, 7) is 5.00. The van der Waals surface area contributed by atoms with Crippen molar-refractivity contribution in [1.29, 1.82) is 0 Å². The maximum absolute atomic E-state index is 12.9. The van der Waals surface area contributed by atoms with Crippen molar-refractivity contribution >= 4 is 33.2 Å². The highest BCUT2D eigenvalue weighted by Gasteiger charge is 2.32. The lowest BCUT2D eigenvalue weighted by Crippen LogP contribution is -2.40. The minimum Gasteiger partial charge on any atom is -0.330 e. The van der Waals surface area contributed by atoms with E-state index < -0.39 is 10.0 Å². The first-order valence-electron chi connectivity index (χ1n) is 6.94. The molecule has 1 aromatic rings. The fourth-order valence-corrected chi connectivity index (χ4v) is 5.27. The van der Waals surface area contributed by atoms with Gasteiger partial charge in [-0.1, -0.05) is 23.2 Å². The zero-order valence-corrected chi connectivity index (χ0v) is 14.5. The van der Waals surface area contributed by atoms with E-state index in [0.29, 0.717) is 41.7 Å². The van der Waals surface area contributed by atoms with Crippen LogP contribution in [0.1, 0.15) is 24.0 Å². The predicted molar refractivity (Wildman–Crippen MR) is 86.5 cm³/mol. The second-order valence-corrected chi connectivity index (χ2v) is 8.19. The molecule has 1 saturated heterocycles. The molecule has 0 saturated carbocycles. The molecule has 1 aliphatic heterocycles. The third kappa shape index (κ3) is 3.22. The summed E-state index contributed by atoms with van der Waals surface area (Å²) in [5, 5.41) is 0.685. The SMILES string of the molecule is Cc1cc(Cl)c(C)c(S(=O)(=O)N2CCC(CN)CC2)c1Cl. The molecule has 1 heterocycles. The number of sulfonamides is 1. The van der Waals surface area contributed by atoms with Gasteiger partial charge in [-0.3, -0.25) is 0 Å². The van der Waals surface area contributed by atoms with Gasteiger partial charge in [0, 0.05) is 18.1 Å². The van der Waals surface area contributed by atoms with Gasteiger partial charge in [0.2, 0.25) is 10.0 Å². The number of nitrogens with two attached hydrogens (primary N) is 1. The second kappa shape index (κ2) is 6.42. The van der Waals surface area contributed by atoms with Gasteiger partial charge in [0.1, 0.15) is 4.90 Å². The summed E-state index contributed by atoms with van der Waals surface area (Å²) in [5.41, 5.74) is 6.83. The number of hydrogen-bond acceptors (Lipinski definition) is 3. The first-order valence-corrected chi connectivity index (χ1v) is 9.14. The minimum absolute atomic E-state index is 0.139. The Balaban J connectivity index is 2.42. The second-order valence-electron chi connectivity index (χ2n) is 5.53. The average molecular weight is 351 g/mol. The molecule has 0 radical (unpaired) electrons. The fraction of sp³-hybridized carbons (Fsp3) is 0.571. The molecule has 0 spiro atoms. The summed E-state index contributed by atoms with van der Waals surface area (Å²) < 4.78 is 27.2. The normalized spacial score (nSPS) is 18.1. The smallest absolute Gasteiger partial charge is 0.244 e. The van der Waals surface area contributed by atoms with Gasteiger partial charge >= 0.3 is 0 Å². The van der Waals surface area contributed by atoms with Crippen LogP contribution in [-0.4, -0.2) is 32.4 Å². The Morgan fingerprint density at radius 3 is 2.38 bits per heavy atom. The van der Waals surface area contributed by atoms with E-state index in [1.165, 1.54) is 4.31 Å². The van der Waals surface area contributed by atoms with Crippen LogP contribution in [0.5, 0.6) is 0 Å².